The molecule has 0 saturated carbocycles. The lowest BCUT2D eigenvalue weighted by molar-refractivity contribution is -0.137. The van der Waals surface area contributed by atoms with Crippen molar-refractivity contribution in [3.63, 3.8) is 0 Å². The van der Waals surface area contributed by atoms with E-state index in [2.05, 4.69) is 26.0 Å². The highest BCUT2D eigenvalue weighted by molar-refractivity contribution is 6.18. The van der Waals surface area contributed by atoms with Gasteiger partial charge in [0.25, 0.3) is 11.8 Å². The largest absolute Gasteiger partial charge is 0.270 e. The van der Waals surface area contributed by atoms with E-state index in [0.29, 0.717) is 24.0 Å². The third-order valence-corrected chi connectivity index (χ3v) is 4.36. The van der Waals surface area contributed by atoms with E-state index < -0.39 is 0 Å². The minimum absolute atomic E-state index is 0.202. The Labute approximate surface area is 130 Å². The van der Waals surface area contributed by atoms with Crippen molar-refractivity contribution in [3.05, 3.63) is 71.3 Å². The van der Waals surface area contributed by atoms with E-state index in [1.807, 2.05) is 36.4 Å². The van der Waals surface area contributed by atoms with Gasteiger partial charge in [0.15, 0.2) is 0 Å². The highest BCUT2D eigenvalue weighted by Crippen LogP contribution is 2.29. The number of rotatable bonds is 3. The number of benzene rings is 1. The van der Waals surface area contributed by atoms with Gasteiger partial charge in [-0.3, -0.25) is 14.5 Å². The highest BCUT2D eigenvalue weighted by atomic mass is 16.2. The Hall–Kier alpha value is -2.42. The van der Waals surface area contributed by atoms with E-state index in [1.165, 1.54) is 11.0 Å². The van der Waals surface area contributed by atoms with Gasteiger partial charge < -0.3 is 0 Å². The summed E-state index contributed by atoms with van der Waals surface area (Å²) in [6, 6.07) is 9.57. The monoisotopic (exact) mass is 293 g/mol. The molecule has 1 heterocycles. The summed E-state index contributed by atoms with van der Waals surface area (Å²) in [5, 5.41) is 0. The molecule has 0 fully saturated rings. The van der Waals surface area contributed by atoms with E-state index in [0.717, 1.165) is 11.1 Å². The van der Waals surface area contributed by atoms with Crippen LogP contribution in [0.4, 0.5) is 0 Å². The predicted molar refractivity (Wildman–Crippen MR) is 85.6 cm³/mol. The van der Waals surface area contributed by atoms with Crippen LogP contribution >= 0.6 is 0 Å². The maximum Gasteiger partial charge on any atom is 0.261 e. The first-order valence-electron chi connectivity index (χ1n) is 7.58. The first-order valence-corrected chi connectivity index (χ1v) is 7.58. The lowest BCUT2D eigenvalue weighted by Gasteiger charge is -2.20. The van der Waals surface area contributed by atoms with E-state index in [1.54, 1.807) is 0 Å². The molecule has 1 aliphatic carbocycles. The molecule has 1 aromatic carbocycles. The highest BCUT2D eigenvalue weighted by Gasteiger charge is 2.33. The number of amides is 2. The van der Waals surface area contributed by atoms with Crippen molar-refractivity contribution in [2.24, 2.45) is 11.8 Å². The molecular formula is C19H19NO2. The van der Waals surface area contributed by atoms with Crippen molar-refractivity contribution in [1.82, 2.24) is 4.90 Å². The molecule has 3 nitrogen and oxygen atoms in total. The summed E-state index contributed by atoms with van der Waals surface area (Å²) in [5.74, 6) is 0.389. The minimum atomic E-state index is -0.232. The number of allylic oxidation sites excluding steroid dienone is 3. The SMILES string of the molecule is CC1C=CC(C2=CC(=O)N(Cc3ccccc3)C2=O)=CC1C. The molecule has 2 unspecified atom stereocenters. The van der Waals surface area contributed by atoms with Crippen LogP contribution in [0.3, 0.4) is 0 Å². The number of hydrogen-bond acceptors (Lipinski definition) is 2. The number of carbonyl (C=O) groups excluding carboxylic acids is 2. The summed E-state index contributed by atoms with van der Waals surface area (Å²) in [5.41, 5.74) is 2.32. The number of nitrogens with zero attached hydrogens (tertiary/aromatic N) is 1. The first-order chi connectivity index (χ1) is 10.6. The maximum atomic E-state index is 12.6. The Balaban J connectivity index is 1.81. The Morgan fingerprint density at radius 3 is 2.45 bits per heavy atom. The standard InChI is InChI=1S/C19H19NO2/c1-13-8-9-16(10-14(13)2)17-11-18(21)20(19(17)22)12-15-6-4-3-5-7-15/h3-11,13-14H,12H2,1-2H3. The molecule has 2 amide bonds. The second-order valence-electron chi connectivity index (χ2n) is 5.97. The van der Waals surface area contributed by atoms with Gasteiger partial charge in [-0.15, -0.1) is 0 Å². The van der Waals surface area contributed by atoms with Crippen molar-refractivity contribution < 1.29 is 9.59 Å². The van der Waals surface area contributed by atoms with Crippen molar-refractivity contribution in [2.75, 3.05) is 0 Å². The Bertz CT molecular complexity index is 697. The van der Waals surface area contributed by atoms with E-state index >= 15 is 0 Å². The average Bonchev–Trinajstić information content (AvgIpc) is 2.79. The molecule has 0 spiro atoms. The van der Waals surface area contributed by atoms with Gasteiger partial charge in [-0.1, -0.05) is 62.4 Å². The van der Waals surface area contributed by atoms with Crippen molar-refractivity contribution in [1.29, 1.82) is 0 Å². The number of carbonyl (C=O) groups is 2. The summed E-state index contributed by atoms with van der Waals surface area (Å²) in [7, 11) is 0. The third-order valence-electron chi connectivity index (χ3n) is 4.36. The van der Waals surface area contributed by atoms with Crippen LogP contribution in [0.5, 0.6) is 0 Å². The fourth-order valence-electron chi connectivity index (χ4n) is 2.73. The van der Waals surface area contributed by atoms with Crippen molar-refractivity contribution in [2.45, 2.75) is 20.4 Å². The van der Waals surface area contributed by atoms with Crippen LogP contribution < -0.4 is 0 Å². The van der Waals surface area contributed by atoms with Crippen LogP contribution in [0.2, 0.25) is 0 Å². The molecule has 3 rings (SSSR count). The molecule has 0 N–H and O–H groups in total. The minimum Gasteiger partial charge on any atom is -0.270 e. The van der Waals surface area contributed by atoms with Crippen molar-refractivity contribution >= 4 is 11.8 Å². The fourth-order valence-corrected chi connectivity index (χ4v) is 2.73. The molecule has 112 valence electrons. The van der Waals surface area contributed by atoms with Crippen molar-refractivity contribution in [3.8, 4) is 0 Å². The second-order valence-corrected chi connectivity index (χ2v) is 5.97. The Morgan fingerprint density at radius 2 is 1.77 bits per heavy atom. The van der Waals surface area contributed by atoms with Crippen LogP contribution in [0, 0.1) is 11.8 Å². The smallest absolute Gasteiger partial charge is 0.261 e. The maximum absolute atomic E-state index is 12.6. The van der Waals surface area contributed by atoms with Crippen LogP contribution in [-0.4, -0.2) is 16.7 Å². The molecule has 0 radical (unpaired) electrons. The summed E-state index contributed by atoms with van der Waals surface area (Å²) >= 11 is 0. The number of hydrogen-bond donors (Lipinski definition) is 0. The average molecular weight is 293 g/mol. The topological polar surface area (TPSA) is 37.4 Å². The summed E-state index contributed by atoms with van der Waals surface area (Å²) in [6.07, 6.45) is 7.59. The van der Waals surface area contributed by atoms with Crippen LogP contribution in [-0.2, 0) is 16.1 Å². The normalized spacial score (nSPS) is 24.5. The molecule has 0 aromatic heterocycles. The molecule has 2 atom stereocenters. The molecule has 22 heavy (non-hydrogen) atoms. The molecule has 3 heteroatoms. The second kappa shape index (κ2) is 5.76. The summed E-state index contributed by atoms with van der Waals surface area (Å²) in [6.45, 7) is 4.59. The lowest BCUT2D eigenvalue weighted by atomic mass is 9.86. The van der Waals surface area contributed by atoms with Crippen LogP contribution in [0.1, 0.15) is 19.4 Å². The molecule has 0 saturated heterocycles. The van der Waals surface area contributed by atoms with Crippen LogP contribution in [0.25, 0.3) is 0 Å². The summed E-state index contributed by atoms with van der Waals surface area (Å²) < 4.78 is 0. The predicted octanol–water partition coefficient (Wildman–Crippen LogP) is 3.25. The Morgan fingerprint density at radius 1 is 1.05 bits per heavy atom. The molecular weight excluding hydrogens is 274 g/mol. The van der Waals surface area contributed by atoms with Gasteiger partial charge in [0.1, 0.15) is 0 Å². The van der Waals surface area contributed by atoms with Gasteiger partial charge in [0, 0.05) is 6.08 Å². The lowest BCUT2D eigenvalue weighted by Crippen LogP contribution is -2.30. The zero-order valence-corrected chi connectivity index (χ0v) is 12.8. The molecule has 2 aliphatic rings. The van der Waals surface area contributed by atoms with E-state index in [4.69, 9.17) is 0 Å². The first kappa shape index (κ1) is 14.5. The zero-order chi connectivity index (χ0) is 15.7. The zero-order valence-electron chi connectivity index (χ0n) is 12.8. The van der Waals surface area contributed by atoms with Gasteiger partial charge in [0.2, 0.25) is 0 Å². The van der Waals surface area contributed by atoms with Gasteiger partial charge in [-0.2, -0.15) is 0 Å². The van der Waals surface area contributed by atoms with Gasteiger partial charge in [-0.25, -0.2) is 0 Å². The van der Waals surface area contributed by atoms with E-state index in [9.17, 15) is 9.59 Å². The summed E-state index contributed by atoms with van der Waals surface area (Å²) in [4.78, 5) is 26.0. The quantitative estimate of drug-likeness (QED) is 0.802. The van der Waals surface area contributed by atoms with E-state index in [-0.39, 0.29) is 11.8 Å². The Kier molecular flexibility index (Phi) is 3.80. The van der Waals surface area contributed by atoms with Gasteiger partial charge in [-0.05, 0) is 23.0 Å². The third kappa shape index (κ3) is 2.67. The van der Waals surface area contributed by atoms with Gasteiger partial charge >= 0.3 is 0 Å². The fraction of sp³-hybridized carbons (Fsp3) is 0.263. The van der Waals surface area contributed by atoms with Crippen LogP contribution in [0.15, 0.2) is 65.8 Å². The molecule has 1 aliphatic heterocycles. The number of imide groups is 1. The van der Waals surface area contributed by atoms with Gasteiger partial charge in [0.05, 0.1) is 12.1 Å². The molecule has 0 bridgehead atoms. The molecule has 1 aromatic rings.